The highest BCUT2D eigenvalue weighted by Crippen LogP contribution is 2.01. The van der Waals surface area contributed by atoms with Crippen LogP contribution in [0.25, 0.3) is 0 Å². The van der Waals surface area contributed by atoms with Gasteiger partial charge in [0, 0.05) is 6.54 Å². The van der Waals surface area contributed by atoms with Crippen LogP contribution in [0.3, 0.4) is 0 Å². The third-order valence-corrected chi connectivity index (χ3v) is 2.70. The monoisotopic (exact) mass is 309 g/mol. The van der Waals surface area contributed by atoms with Crippen molar-refractivity contribution in [2.24, 2.45) is 5.92 Å². The Labute approximate surface area is 133 Å². The molecule has 1 aromatic rings. The smallest absolute Gasteiger partial charge is 0.320 e. The van der Waals surface area contributed by atoms with Crippen LogP contribution in [-0.2, 0) is 25.6 Å². The average molecular weight is 309 g/mol. The van der Waals surface area contributed by atoms with Gasteiger partial charge in [0.2, 0.25) is 0 Å². The van der Waals surface area contributed by atoms with Gasteiger partial charge in [-0.3, -0.25) is 9.59 Å². The molecule has 0 aliphatic heterocycles. The zero-order valence-corrected chi connectivity index (χ0v) is 13.9. The molecule has 0 saturated carbocycles. The number of hydrogen-bond donors (Lipinski definition) is 1. The minimum Gasteiger partial charge on any atom is -0.465 e. The molecule has 0 aliphatic carbocycles. The van der Waals surface area contributed by atoms with E-state index in [0.717, 1.165) is 13.1 Å². The summed E-state index contributed by atoms with van der Waals surface area (Å²) in [6.07, 6.45) is 0. The van der Waals surface area contributed by atoms with E-state index >= 15 is 0 Å². The molecule has 1 N–H and O–H groups in total. The maximum Gasteiger partial charge on any atom is 0.320 e. The quantitative estimate of drug-likeness (QED) is 0.619. The molecule has 124 valence electrons. The lowest BCUT2D eigenvalue weighted by atomic mass is 10.2. The molecule has 0 fully saturated rings. The van der Waals surface area contributed by atoms with Crippen molar-refractivity contribution < 1.29 is 19.1 Å². The fourth-order valence-electron chi connectivity index (χ4n) is 1.50. The molecule has 5 nitrogen and oxygen atoms in total. The van der Waals surface area contributed by atoms with Crippen LogP contribution in [-0.4, -0.2) is 31.7 Å². The van der Waals surface area contributed by atoms with Crippen LogP contribution in [0.5, 0.6) is 0 Å². The van der Waals surface area contributed by atoms with Gasteiger partial charge in [0.15, 0.2) is 5.92 Å². The summed E-state index contributed by atoms with van der Waals surface area (Å²) in [5.74, 6) is -1.88. The van der Waals surface area contributed by atoms with Crippen LogP contribution in [0, 0.1) is 5.92 Å². The Hall–Kier alpha value is -1.88. The van der Waals surface area contributed by atoms with Crippen LogP contribution < -0.4 is 5.32 Å². The summed E-state index contributed by atoms with van der Waals surface area (Å²) in [4.78, 5) is 21.9. The van der Waals surface area contributed by atoms with E-state index in [2.05, 4.69) is 46.0 Å². The summed E-state index contributed by atoms with van der Waals surface area (Å²) < 4.78 is 9.26. The topological polar surface area (TPSA) is 64.6 Å². The second-order valence-corrected chi connectivity index (χ2v) is 4.49. The number of benzene rings is 1. The molecule has 0 aliphatic rings. The van der Waals surface area contributed by atoms with E-state index in [4.69, 9.17) is 0 Å². The third-order valence-electron chi connectivity index (χ3n) is 2.70. The van der Waals surface area contributed by atoms with Crippen molar-refractivity contribution in [3.05, 3.63) is 35.9 Å². The van der Waals surface area contributed by atoms with Crippen molar-refractivity contribution in [3.63, 3.8) is 0 Å². The first-order valence-electron chi connectivity index (χ1n) is 7.64. The van der Waals surface area contributed by atoms with E-state index < -0.39 is 17.9 Å². The molecule has 0 aromatic heterocycles. The van der Waals surface area contributed by atoms with E-state index in [0.29, 0.717) is 0 Å². The van der Waals surface area contributed by atoms with Crippen molar-refractivity contribution in [2.45, 2.75) is 34.2 Å². The molecular formula is C17H27NO4. The number of ether oxygens (including phenoxy) is 2. The highest BCUT2D eigenvalue weighted by molar-refractivity contribution is 5.94. The SMILES string of the molecule is CCNCc1ccccc1.CCOC(=O)C(C)C(=O)OCC. The number of carbonyl (C=O) groups excluding carboxylic acids is 2. The van der Waals surface area contributed by atoms with E-state index in [1.54, 1.807) is 13.8 Å². The van der Waals surface area contributed by atoms with Gasteiger partial charge in [0.1, 0.15) is 0 Å². The van der Waals surface area contributed by atoms with E-state index in [9.17, 15) is 9.59 Å². The van der Waals surface area contributed by atoms with Gasteiger partial charge < -0.3 is 14.8 Å². The molecule has 0 saturated heterocycles. The van der Waals surface area contributed by atoms with Crippen molar-refractivity contribution in [2.75, 3.05) is 19.8 Å². The molecule has 0 amide bonds. The Morgan fingerprint density at radius 3 is 1.91 bits per heavy atom. The average Bonchev–Trinajstić information content (AvgIpc) is 2.54. The van der Waals surface area contributed by atoms with Crippen LogP contribution in [0.1, 0.15) is 33.3 Å². The number of rotatable bonds is 7. The molecule has 1 rings (SSSR count). The summed E-state index contributed by atoms with van der Waals surface area (Å²) in [6.45, 7) is 9.54. The number of nitrogens with one attached hydrogen (secondary N) is 1. The first-order valence-corrected chi connectivity index (χ1v) is 7.64. The predicted octanol–water partition coefficient (Wildman–Crippen LogP) is 2.54. The summed E-state index contributed by atoms with van der Waals surface area (Å²) in [5, 5.41) is 3.26. The highest BCUT2D eigenvalue weighted by atomic mass is 16.6. The summed E-state index contributed by atoms with van der Waals surface area (Å²) in [5.41, 5.74) is 1.35. The maximum absolute atomic E-state index is 10.9. The Morgan fingerprint density at radius 1 is 1.00 bits per heavy atom. The van der Waals surface area contributed by atoms with Crippen LogP contribution in [0.4, 0.5) is 0 Å². The molecule has 0 unspecified atom stereocenters. The molecule has 0 bridgehead atoms. The largest absolute Gasteiger partial charge is 0.465 e. The number of carbonyl (C=O) groups is 2. The van der Waals surface area contributed by atoms with E-state index in [1.807, 2.05) is 6.07 Å². The van der Waals surface area contributed by atoms with Gasteiger partial charge in [-0.05, 0) is 32.9 Å². The normalized spacial score (nSPS) is 9.68. The van der Waals surface area contributed by atoms with Crippen LogP contribution in [0.2, 0.25) is 0 Å². The Balaban J connectivity index is 0.000000406. The van der Waals surface area contributed by atoms with Crippen molar-refractivity contribution in [3.8, 4) is 0 Å². The first kappa shape index (κ1) is 20.1. The zero-order chi connectivity index (χ0) is 16.8. The van der Waals surface area contributed by atoms with Gasteiger partial charge in [-0.25, -0.2) is 0 Å². The lowest BCUT2D eigenvalue weighted by molar-refractivity contribution is -0.160. The van der Waals surface area contributed by atoms with Gasteiger partial charge in [-0.1, -0.05) is 37.3 Å². The van der Waals surface area contributed by atoms with Gasteiger partial charge >= 0.3 is 11.9 Å². The molecular weight excluding hydrogens is 282 g/mol. The fourth-order valence-corrected chi connectivity index (χ4v) is 1.50. The summed E-state index contributed by atoms with van der Waals surface area (Å²) in [7, 11) is 0. The van der Waals surface area contributed by atoms with Crippen molar-refractivity contribution in [1.29, 1.82) is 0 Å². The molecule has 0 heterocycles. The fraction of sp³-hybridized carbons (Fsp3) is 0.529. The molecule has 0 radical (unpaired) electrons. The minimum absolute atomic E-state index is 0.280. The van der Waals surface area contributed by atoms with Gasteiger partial charge in [0.25, 0.3) is 0 Å². The second-order valence-electron chi connectivity index (χ2n) is 4.49. The standard InChI is InChI=1S/C9H13N.C8H14O4/c1-2-10-8-9-6-4-3-5-7-9;1-4-11-7(9)6(3)8(10)12-5-2/h3-7,10H,2,8H2,1H3;6H,4-5H2,1-3H3. The van der Waals surface area contributed by atoms with Gasteiger partial charge in [-0.2, -0.15) is 0 Å². The first-order chi connectivity index (χ1) is 10.6. The summed E-state index contributed by atoms with van der Waals surface area (Å²) >= 11 is 0. The molecule has 0 atom stereocenters. The summed E-state index contributed by atoms with van der Waals surface area (Å²) in [6, 6.07) is 10.4. The van der Waals surface area contributed by atoms with E-state index in [-0.39, 0.29) is 13.2 Å². The van der Waals surface area contributed by atoms with Gasteiger partial charge in [-0.15, -0.1) is 0 Å². The Kier molecular flexibility index (Phi) is 11.7. The second kappa shape index (κ2) is 12.8. The Bertz CT molecular complexity index is 402. The molecule has 0 spiro atoms. The molecule has 22 heavy (non-hydrogen) atoms. The van der Waals surface area contributed by atoms with Gasteiger partial charge in [0.05, 0.1) is 13.2 Å². The van der Waals surface area contributed by atoms with E-state index in [1.165, 1.54) is 12.5 Å². The third kappa shape index (κ3) is 9.13. The van der Waals surface area contributed by atoms with Crippen LogP contribution >= 0.6 is 0 Å². The molecule has 5 heteroatoms. The van der Waals surface area contributed by atoms with Crippen molar-refractivity contribution >= 4 is 11.9 Å². The Morgan fingerprint density at radius 2 is 1.50 bits per heavy atom. The number of hydrogen-bond acceptors (Lipinski definition) is 5. The van der Waals surface area contributed by atoms with Crippen molar-refractivity contribution in [1.82, 2.24) is 5.32 Å². The lowest BCUT2D eigenvalue weighted by Gasteiger charge is -2.08. The maximum atomic E-state index is 10.9. The minimum atomic E-state index is -0.815. The lowest BCUT2D eigenvalue weighted by Crippen LogP contribution is -2.25. The zero-order valence-electron chi connectivity index (χ0n) is 13.9. The van der Waals surface area contributed by atoms with Crippen LogP contribution in [0.15, 0.2) is 30.3 Å². The molecule has 1 aromatic carbocycles. The highest BCUT2D eigenvalue weighted by Gasteiger charge is 2.23. The number of esters is 2. The predicted molar refractivity (Wildman–Crippen MR) is 86.3 cm³/mol.